The van der Waals surface area contributed by atoms with E-state index in [-0.39, 0.29) is 11.3 Å². The van der Waals surface area contributed by atoms with Crippen LogP contribution in [-0.2, 0) is 11.2 Å². The van der Waals surface area contributed by atoms with Crippen molar-refractivity contribution < 1.29 is 19.8 Å². The minimum Gasteiger partial charge on any atom is -0.478 e. The zero-order valence-electron chi connectivity index (χ0n) is 15.7. The minimum absolute atomic E-state index is 0.140. The summed E-state index contributed by atoms with van der Waals surface area (Å²) in [5, 5.41) is 20.1. The Kier molecular flexibility index (Phi) is 6.82. The summed E-state index contributed by atoms with van der Waals surface area (Å²) in [7, 11) is 0. The van der Waals surface area contributed by atoms with E-state index in [1.807, 2.05) is 17.0 Å². The molecule has 148 valence electrons. The van der Waals surface area contributed by atoms with Crippen molar-refractivity contribution >= 4 is 23.6 Å². The highest BCUT2D eigenvalue weighted by molar-refractivity contribution is 8.00. The predicted molar refractivity (Wildman–Crippen MR) is 107 cm³/mol. The zero-order valence-corrected chi connectivity index (χ0v) is 16.5. The van der Waals surface area contributed by atoms with Crippen LogP contribution in [0.4, 0.5) is 0 Å². The van der Waals surface area contributed by atoms with E-state index in [1.54, 1.807) is 23.9 Å². The van der Waals surface area contributed by atoms with Crippen LogP contribution in [0.15, 0.2) is 24.3 Å². The van der Waals surface area contributed by atoms with Crippen molar-refractivity contribution in [3.8, 4) is 0 Å². The van der Waals surface area contributed by atoms with E-state index in [2.05, 4.69) is 0 Å². The van der Waals surface area contributed by atoms with Crippen LogP contribution in [0.1, 0.15) is 67.3 Å². The van der Waals surface area contributed by atoms with E-state index >= 15 is 0 Å². The number of aromatic carboxylic acids is 1. The third-order valence-corrected chi connectivity index (χ3v) is 7.10. The van der Waals surface area contributed by atoms with Crippen LogP contribution in [0, 0.1) is 0 Å². The van der Waals surface area contributed by atoms with Gasteiger partial charge in [0.2, 0.25) is 5.91 Å². The quantitative estimate of drug-likeness (QED) is 0.707. The molecular weight excluding hydrogens is 362 g/mol. The molecule has 3 rings (SSSR count). The highest BCUT2D eigenvalue weighted by Gasteiger charge is 2.35. The van der Waals surface area contributed by atoms with E-state index in [0.717, 1.165) is 44.1 Å². The number of amides is 1. The molecule has 2 N–H and O–H groups in total. The number of thioether (sulfide) groups is 1. The van der Waals surface area contributed by atoms with Gasteiger partial charge in [0.25, 0.3) is 0 Å². The normalized spacial score (nSPS) is 22.2. The summed E-state index contributed by atoms with van der Waals surface area (Å²) >= 11 is 1.67. The number of carbonyl (C=O) groups is 2. The van der Waals surface area contributed by atoms with Crippen molar-refractivity contribution in [3.05, 3.63) is 35.4 Å². The van der Waals surface area contributed by atoms with Gasteiger partial charge in [0.05, 0.1) is 22.3 Å². The monoisotopic (exact) mass is 391 g/mol. The Hall–Kier alpha value is -1.53. The summed E-state index contributed by atoms with van der Waals surface area (Å²) in [4.78, 5) is 25.5. The van der Waals surface area contributed by atoms with Gasteiger partial charge in [-0.15, -0.1) is 11.8 Å². The van der Waals surface area contributed by atoms with Gasteiger partial charge in [-0.2, -0.15) is 0 Å². The van der Waals surface area contributed by atoms with Crippen molar-refractivity contribution in [2.24, 2.45) is 0 Å². The van der Waals surface area contributed by atoms with Gasteiger partial charge in [-0.3, -0.25) is 4.79 Å². The average Bonchev–Trinajstić information content (AvgIpc) is 3.01. The largest absolute Gasteiger partial charge is 0.478 e. The maximum Gasteiger partial charge on any atom is 0.335 e. The second kappa shape index (κ2) is 9.11. The number of hydrogen-bond acceptors (Lipinski definition) is 4. The summed E-state index contributed by atoms with van der Waals surface area (Å²) in [6, 6.07) is 7.12. The van der Waals surface area contributed by atoms with E-state index in [0.29, 0.717) is 30.7 Å². The second-order valence-corrected chi connectivity index (χ2v) is 8.91. The van der Waals surface area contributed by atoms with Gasteiger partial charge in [-0.1, -0.05) is 37.5 Å². The summed E-state index contributed by atoms with van der Waals surface area (Å²) in [5.74, 6) is -0.219. The molecule has 2 aliphatic rings. The first-order valence-electron chi connectivity index (χ1n) is 9.93. The van der Waals surface area contributed by atoms with Gasteiger partial charge in [-0.25, -0.2) is 4.79 Å². The molecule has 1 heterocycles. The number of aryl methyl sites for hydroxylation is 1. The van der Waals surface area contributed by atoms with Crippen LogP contribution in [-0.4, -0.2) is 50.3 Å². The molecule has 5 nitrogen and oxygen atoms in total. The Morgan fingerprint density at radius 2 is 1.96 bits per heavy atom. The smallest absolute Gasteiger partial charge is 0.335 e. The molecule has 1 aromatic rings. The highest BCUT2D eigenvalue weighted by atomic mass is 32.2. The molecular formula is C21H29NO4S. The lowest BCUT2D eigenvalue weighted by Crippen LogP contribution is -2.40. The molecule has 1 atom stereocenters. The van der Waals surface area contributed by atoms with Crippen molar-refractivity contribution in [3.63, 3.8) is 0 Å². The van der Waals surface area contributed by atoms with E-state index in [9.17, 15) is 19.8 Å². The highest BCUT2D eigenvalue weighted by Crippen LogP contribution is 2.34. The first kappa shape index (κ1) is 20.2. The van der Waals surface area contributed by atoms with Crippen molar-refractivity contribution in [1.29, 1.82) is 0 Å². The molecule has 1 aromatic carbocycles. The standard InChI is InChI=1S/C21H29NO4S/c23-18-15-27-19(22(18)14-13-21(26)11-4-1-5-12-21)10-6-8-16-7-2-3-9-17(16)20(24)25/h2-3,7,9,19,26H,1,4-6,8,10-15H2,(H,24,25). The summed E-state index contributed by atoms with van der Waals surface area (Å²) < 4.78 is 0. The number of carboxylic acid groups (broad SMARTS) is 1. The lowest BCUT2D eigenvalue weighted by Gasteiger charge is -2.34. The fourth-order valence-electron chi connectivity index (χ4n) is 4.21. The Balaban J connectivity index is 1.51. The molecule has 0 aromatic heterocycles. The third kappa shape index (κ3) is 5.26. The molecule has 6 heteroatoms. The number of carboxylic acids is 1. The second-order valence-electron chi connectivity index (χ2n) is 7.74. The molecule has 1 aliphatic heterocycles. The lowest BCUT2D eigenvalue weighted by molar-refractivity contribution is -0.129. The molecule has 1 saturated heterocycles. The molecule has 0 bridgehead atoms. The van der Waals surface area contributed by atoms with Gasteiger partial charge in [0.15, 0.2) is 0 Å². The van der Waals surface area contributed by atoms with Crippen LogP contribution in [0.3, 0.4) is 0 Å². The van der Waals surface area contributed by atoms with Crippen LogP contribution < -0.4 is 0 Å². The fraction of sp³-hybridized carbons (Fsp3) is 0.619. The van der Waals surface area contributed by atoms with Gasteiger partial charge in [0.1, 0.15) is 0 Å². The first-order valence-corrected chi connectivity index (χ1v) is 11.0. The molecule has 0 radical (unpaired) electrons. The van der Waals surface area contributed by atoms with Gasteiger partial charge >= 0.3 is 5.97 Å². The zero-order chi connectivity index (χ0) is 19.3. The molecule has 0 spiro atoms. The number of carbonyl (C=O) groups excluding carboxylic acids is 1. The van der Waals surface area contributed by atoms with Crippen molar-refractivity contribution in [2.75, 3.05) is 12.3 Å². The molecule has 27 heavy (non-hydrogen) atoms. The minimum atomic E-state index is -0.890. The maximum atomic E-state index is 12.3. The van der Waals surface area contributed by atoms with Crippen LogP contribution in [0.2, 0.25) is 0 Å². The molecule has 2 fully saturated rings. The number of hydrogen-bond donors (Lipinski definition) is 2. The Morgan fingerprint density at radius 3 is 2.70 bits per heavy atom. The lowest BCUT2D eigenvalue weighted by atomic mass is 9.82. The Labute approximate surface area is 165 Å². The fourth-order valence-corrected chi connectivity index (χ4v) is 5.45. The van der Waals surface area contributed by atoms with Crippen LogP contribution in [0.25, 0.3) is 0 Å². The average molecular weight is 392 g/mol. The van der Waals surface area contributed by atoms with E-state index in [1.165, 1.54) is 6.42 Å². The predicted octanol–water partition coefficient (Wildman–Crippen LogP) is 3.69. The summed E-state index contributed by atoms with van der Waals surface area (Å²) in [6.45, 7) is 0.624. The number of nitrogens with zero attached hydrogens (tertiary/aromatic N) is 1. The van der Waals surface area contributed by atoms with Gasteiger partial charge < -0.3 is 15.1 Å². The number of rotatable bonds is 8. The third-order valence-electron chi connectivity index (χ3n) is 5.81. The first-order chi connectivity index (χ1) is 13.0. The van der Waals surface area contributed by atoms with Gasteiger partial charge in [0, 0.05) is 6.54 Å². The SMILES string of the molecule is O=C(O)c1ccccc1CCCC1SCC(=O)N1CCC1(O)CCCCC1. The topological polar surface area (TPSA) is 77.8 Å². The number of benzene rings is 1. The molecule has 1 saturated carbocycles. The summed E-state index contributed by atoms with van der Waals surface area (Å²) in [6.07, 6.45) is 8.10. The van der Waals surface area contributed by atoms with Crippen LogP contribution >= 0.6 is 11.8 Å². The van der Waals surface area contributed by atoms with Crippen molar-refractivity contribution in [2.45, 2.75) is 68.8 Å². The van der Waals surface area contributed by atoms with Gasteiger partial charge in [-0.05, 0) is 50.2 Å². The van der Waals surface area contributed by atoms with E-state index < -0.39 is 11.6 Å². The summed E-state index contributed by atoms with van der Waals surface area (Å²) in [5.41, 5.74) is 0.614. The maximum absolute atomic E-state index is 12.3. The molecule has 1 unspecified atom stereocenters. The Morgan fingerprint density at radius 1 is 1.22 bits per heavy atom. The molecule has 1 aliphatic carbocycles. The van der Waals surface area contributed by atoms with Crippen molar-refractivity contribution in [1.82, 2.24) is 4.90 Å². The number of aliphatic hydroxyl groups is 1. The van der Waals surface area contributed by atoms with Crippen LogP contribution in [0.5, 0.6) is 0 Å². The Bertz CT molecular complexity index is 672. The van der Waals surface area contributed by atoms with E-state index in [4.69, 9.17) is 0 Å². The molecule has 1 amide bonds.